The van der Waals surface area contributed by atoms with E-state index in [9.17, 15) is 9.90 Å². The van der Waals surface area contributed by atoms with Gasteiger partial charge in [0.2, 0.25) is 0 Å². The molecule has 3 nitrogen and oxygen atoms in total. The molecule has 0 spiro atoms. The molecule has 1 aliphatic carbocycles. The molecule has 0 amide bonds. The van der Waals surface area contributed by atoms with Gasteiger partial charge in [0.15, 0.2) is 5.60 Å². The number of ether oxygens (including phenoxy) is 1. The Balaban J connectivity index is 2.55. The molecule has 0 aromatic heterocycles. The number of unbranched alkanes of at least 4 members (excludes halogenated alkanes) is 1. The fourth-order valence-electron chi connectivity index (χ4n) is 2.13. The molecule has 1 rings (SSSR count). The second kappa shape index (κ2) is 6.11. The van der Waals surface area contributed by atoms with Crippen LogP contribution >= 0.6 is 0 Å². The van der Waals surface area contributed by atoms with Crippen molar-refractivity contribution in [1.29, 1.82) is 0 Å². The van der Waals surface area contributed by atoms with E-state index in [-0.39, 0.29) is 0 Å². The lowest BCUT2D eigenvalue weighted by Crippen LogP contribution is -2.41. The molecule has 1 saturated carbocycles. The number of hydrogen-bond acceptors (Lipinski definition) is 2. The van der Waals surface area contributed by atoms with Gasteiger partial charge >= 0.3 is 5.97 Å². The van der Waals surface area contributed by atoms with Crippen molar-refractivity contribution in [3.8, 4) is 0 Å². The molecule has 15 heavy (non-hydrogen) atoms. The minimum atomic E-state index is -0.869. The average Bonchev–Trinajstić information content (AvgIpc) is 2.45. The summed E-state index contributed by atoms with van der Waals surface area (Å²) in [6, 6.07) is 0. The van der Waals surface area contributed by atoms with Gasteiger partial charge in [0.05, 0.1) is 0 Å². The maximum atomic E-state index is 11.3. The molecule has 1 fully saturated rings. The van der Waals surface area contributed by atoms with Crippen LogP contribution in [0.3, 0.4) is 0 Å². The van der Waals surface area contributed by atoms with E-state index in [0.717, 1.165) is 38.5 Å². The van der Waals surface area contributed by atoms with Crippen molar-refractivity contribution in [1.82, 2.24) is 0 Å². The normalized spacial score (nSPS) is 20.9. The van der Waals surface area contributed by atoms with Crippen LogP contribution in [-0.4, -0.2) is 23.3 Å². The van der Waals surface area contributed by atoms with Gasteiger partial charge in [-0.2, -0.15) is 0 Å². The molecule has 0 heterocycles. The van der Waals surface area contributed by atoms with Crippen LogP contribution in [0.15, 0.2) is 0 Å². The Bertz CT molecular complexity index is 193. The highest BCUT2D eigenvalue weighted by molar-refractivity contribution is 5.77. The molecule has 3 heteroatoms. The molecule has 0 radical (unpaired) electrons. The van der Waals surface area contributed by atoms with Crippen LogP contribution < -0.4 is 0 Å². The molecule has 0 aliphatic heterocycles. The Morgan fingerprint density at radius 2 is 1.87 bits per heavy atom. The third-order valence-electron chi connectivity index (χ3n) is 3.18. The van der Waals surface area contributed by atoms with E-state index in [4.69, 9.17) is 4.74 Å². The van der Waals surface area contributed by atoms with Crippen molar-refractivity contribution in [2.45, 2.75) is 63.9 Å². The second-order valence-corrected chi connectivity index (χ2v) is 4.42. The summed E-state index contributed by atoms with van der Waals surface area (Å²) in [4.78, 5) is 11.3. The standard InChI is InChI=1S/C12H22O3/c1-2-3-10-15-12(11(13)14)8-6-4-5-7-9-12/h2-10H2,1H3,(H,13,14). The zero-order valence-corrected chi connectivity index (χ0v) is 9.63. The molecule has 1 N–H and O–H groups in total. The first kappa shape index (κ1) is 12.5. The highest BCUT2D eigenvalue weighted by Gasteiger charge is 2.39. The molecule has 88 valence electrons. The van der Waals surface area contributed by atoms with E-state index in [0.29, 0.717) is 19.4 Å². The fourth-order valence-corrected chi connectivity index (χ4v) is 2.13. The van der Waals surface area contributed by atoms with Crippen LogP contribution in [0.5, 0.6) is 0 Å². The maximum absolute atomic E-state index is 11.3. The Labute approximate surface area is 91.8 Å². The van der Waals surface area contributed by atoms with Crippen molar-refractivity contribution in [3.05, 3.63) is 0 Å². The van der Waals surface area contributed by atoms with Crippen LogP contribution in [0.25, 0.3) is 0 Å². The summed E-state index contributed by atoms with van der Waals surface area (Å²) < 4.78 is 5.65. The Hall–Kier alpha value is -0.570. The van der Waals surface area contributed by atoms with Crippen molar-refractivity contribution in [2.75, 3.05) is 6.61 Å². The Morgan fingerprint density at radius 1 is 1.27 bits per heavy atom. The van der Waals surface area contributed by atoms with E-state index < -0.39 is 11.6 Å². The van der Waals surface area contributed by atoms with E-state index in [2.05, 4.69) is 6.92 Å². The first-order valence-electron chi connectivity index (χ1n) is 6.08. The summed E-state index contributed by atoms with van der Waals surface area (Å²) in [5.41, 5.74) is -0.869. The monoisotopic (exact) mass is 214 g/mol. The lowest BCUT2D eigenvalue weighted by atomic mass is 9.94. The Kier molecular flexibility index (Phi) is 5.09. The zero-order chi connectivity index (χ0) is 11.1. The summed E-state index contributed by atoms with van der Waals surface area (Å²) in [5, 5.41) is 9.29. The molecular weight excluding hydrogens is 192 g/mol. The van der Waals surface area contributed by atoms with Gasteiger partial charge in [0.25, 0.3) is 0 Å². The molecule has 0 unspecified atom stereocenters. The van der Waals surface area contributed by atoms with E-state index >= 15 is 0 Å². The maximum Gasteiger partial charge on any atom is 0.335 e. The van der Waals surface area contributed by atoms with E-state index in [1.807, 2.05) is 0 Å². The van der Waals surface area contributed by atoms with Gasteiger partial charge in [-0.25, -0.2) is 4.79 Å². The quantitative estimate of drug-likeness (QED) is 0.565. The molecule has 0 aromatic carbocycles. The highest BCUT2D eigenvalue weighted by atomic mass is 16.5. The van der Waals surface area contributed by atoms with Crippen molar-refractivity contribution in [2.24, 2.45) is 0 Å². The van der Waals surface area contributed by atoms with Crippen LogP contribution in [0.4, 0.5) is 0 Å². The van der Waals surface area contributed by atoms with Crippen molar-refractivity contribution < 1.29 is 14.6 Å². The summed E-state index contributed by atoms with van der Waals surface area (Å²) in [6.07, 6.45) is 7.64. The molecule has 0 saturated heterocycles. The van der Waals surface area contributed by atoms with Crippen LogP contribution in [0, 0.1) is 0 Å². The number of carbonyl (C=O) groups is 1. The predicted molar refractivity (Wildman–Crippen MR) is 58.9 cm³/mol. The van der Waals surface area contributed by atoms with Gasteiger partial charge in [-0.3, -0.25) is 0 Å². The second-order valence-electron chi connectivity index (χ2n) is 4.42. The number of aliphatic carboxylic acids is 1. The van der Waals surface area contributed by atoms with Crippen LogP contribution in [0.2, 0.25) is 0 Å². The fraction of sp³-hybridized carbons (Fsp3) is 0.917. The van der Waals surface area contributed by atoms with Crippen molar-refractivity contribution >= 4 is 5.97 Å². The number of carboxylic acids is 1. The number of hydrogen-bond donors (Lipinski definition) is 1. The van der Waals surface area contributed by atoms with Crippen molar-refractivity contribution in [3.63, 3.8) is 0 Å². The Morgan fingerprint density at radius 3 is 2.33 bits per heavy atom. The molecular formula is C12H22O3. The number of carboxylic acid groups (broad SMARTS) is 1. The van der Waals surface area contributed by atoms with Gasteiger partial charge in [-0.15, -0.1) is 0 Å². The largest absolute Gasteiger partial charge is 0.479 e. The lowest BCUT2D eigenvalue weighted by molar-refractivity contribution is -0.168. The first-order valence-corrected chi connectivity index (χ1v) is 6.08. The molecule has 0 bridgehead atoms. The summed E-state index contributed by atoms with van der Waals surface area (Å²) in [7, 11) is 0. The van der Waals surface area contributed by atoms with Gasteiger partial charge in [-0.05, 0) is 32.1 Å². The van der Waals surface area contributed by atoms with Crippen LogP contribution in [-0.2, 0) is 9.53 Å². The van der Waals surface area contributed by atoms with Gasteiger partial charge < -0.3 is 9.84 Å². The van der Waals surface area contributed by atoms with E-state index in [1.165, 1.54) is 0 Å². The summed E-state index contributed by atoms with van der Waals surface area (Å²) >= 11 is 0. The topological polar surface area (TPSA) is 46.5 Å². The third kappa shape index (κ3) is 3.49. The first-order chi connectivity index (χ1) is 7.21. The summed E-state index contributed by atoms with van der Waals surface area (Å²) in [6.45, 7) is 2.67. The van der Waals surface area contributed by atoms with E-state index in [1.54, 1.807) is 0 Å². The minimum Gasteiger partial charge on any atom is -0.479 e. The minimum absolute atomic E-state index is 0.586. The highest BCUT2D eigenvalue weighted by Crippen LogP contribution is 2.31. The van der Waals surface area contributed by atoms with Gasteiger partial charge in [-0.1, -0.05) is 26.2 Å². The molecule has 0 atom stereocenters. The molecule has 1 aliphatic rings. The zero-order valence-electron chi connectivity index (χ0n) is 9.63. The predicted octanol–water partition coefficient (Wildman–Crippen LogP) is 2.98. The molecule has 0 aromatic rings. The SMILES string of the molecule is CCCCOC1(C(=O)O)CCCCCC1. The van der Waals surface area contributed by atoms with Gasteiger partial charge in [0, 0.05) is 6.61 Å². The number of rotatable bonds is 5. The van der Waals surface area contributed by atoms with Crippen LogP contribution in [0.1, 0.15) is 58.3 Å². The van der Waals surface area contributed by atoms with Gasteiger partial charge in [0.1, 0.15) is 0 Å². The lowest BCUT2D eigenvalue weighted by Gasteiger charge is -2.28. The average molecular weight is 214 g/mol. The smallest absolute Gasteiger partial charge is 0.335 e. The third-order valence-corrected chi connectivity index (χ3v) is 3.18. The summed E-state index contributed by atoms with van der Waals surface area (Å²) in [5.74, 6) is -0.763.